The zero-order valence-electron chi connectivity index (χ0n) is 12.9. The van der Waals surface area contributed by atoms with Gasteiger partial charge in [0.05, 0.1) is 11.8 Å². The molecule has 0 atom stereocenters. The molecule has 0 spiro atoms. The van der Waals surface area contributed by atoms with Gasteiger partial charge < -0.3 is 15.1 Å². The fourth-order valence-electron chi connectivity index (χ4n) is 2.72. The molecule has 21 heavy (non-hydrogen) atoms. The summed E-state index contributed by atoms with van der Waals surface area (Å²) < 4.78 is 13.3. The minimum atomic E-state index is -0.495. The molecule has 1 saturated heterocycles. The molecule has 1 aromatic heterocycles. The van der Waals surface area contributed by atoms with Crippen LogP contribution in [-0.4, -0.2) is 61.5 Å². The number of aromatic nitrogens is 1. The number of likely N-dealkylation sites (tertiary alicyclic amines) is 1. The lowest BCUT2D eigenvalue weighted by atomic mass is 9.96. The first kappa shape index (κ1) is 15.7. The number of piperidine rings is 1. The standard InChI is InChI=1S/C15H23FN4O/c1-17-14-13(8-12(16)9-18-14)15(21)20(3)10-11-4-6-19(2)7-5-11/h8-9,11H,4-7,10H2,1-3H3,(H,17,18). The van der Waals surface area contributed by atoms with Gasteiger partial charge in [-0.2, -0.15) is 0 Å². The van der Waals surface area contributed by atoms with Gasteiger partial charge in [0.15, 0.2) is 0 Å². The highest BCUT2D eigenvalue weighted by Gasteiger charge is 2.23. The van der Waals surface area contributed by atoms with Gasteiger partial charge in [-0.3, -0.25) is 4.79 Å². The van der Waals surface area contributed by atoms with E-state index in [0.717, 1.165) is 32.1 Å². The summed E-state index contributed by atoms with van der Waals surface area (Å²) in [4.78, 5) is 20.4. The molecule has 1 aromatic rings. The fourth-order valence-corrected chi connectivity index (χ4v) is 2.72. The summed E-state index contributed by atoms with van der Waals surface area (Å²) in [7, 11) is 5.56. The predicted molar refractivity (Wildman–Crippen MR) is 80.9 cm³/mol. The molecule has 1 amide bonds. The highest BCUT2D eigenvalue weighted by Crippen LogP contribution is 2.20. The summed E-state index contributed by atoms with van der Waals surface area (Å²) >= 11 is 0. The summed E-state index contributed by atoms with van der Waals surface area (Å²) in [6.45, 7) is 2.83. The number of amides is 1. The number of hydrogen-bond acceptors (Lipinski definition) is 4. The second-order valence-electron chi connectivity index (χ2n) is 5.73. The van der Waals surface area contributed by atoms with Gasteiger partial charge >= 0.3 is 0 Å². The van der Waals surface area contributed by atoms with E-state index in [4.69, 9.17) is 0 Å². The van der Waals surface area contributed by atoms with E-state index in [9.17, 15) is 9.18 Å². The Balaban J connectivity index is 2.03. The van der Waals surface area contributed by atoms with Crippen molar-refractivity contribution in [3.63, 3.8) is 0 Å². The van der Waals surface area contributed by atoms with Crippen molar-refractivity contribution in [3.05, 3.63) is 23.6 Å². The second kappa shape index (κ2) is 6.85. The van der Waals surface area contributed by atoms with Crippen molar-refractivity contribution < 1.29 is 9.18 Å². The Hall–Kier alpha value is -1.69. The molecule has 0 aromatic carbocycles. The van der Waals surface area contributed by atoms with Gasteiger partial charge in [0.2, 0.25) is 0 Å². The van der Waals surface area contributed by atoms with Crippen LogP contribution in [-0.2, 0) is 0 Å². The first-order valence-corrected chi connectivity index (χ1v) is 7.28. The van der Waals surface area contributed by atoms with Gasteiger partial charge in [0, 0.05) is 20.6 Å². The molecular weight excluding hydrogens is 271 g/mol. The van der Waals surface area contributed by atoms with E-state index in [1.54, 1.807) is 19.0 Å². The van der Waals surface area contributed by atoms with Gasteiger partial charge in [0.1, 0.15) is 11.6 Å². The number of carbonyl (C=O) groups is 1. The van der Waals surface area contributed by atoms with Crippen LogP contribution >= 0.6 is 0 Å². The predicted octanol–water partition coefficient (Wildman–Crippen LogP) is 1.68. The molecule has 2 rings (SSSR count). The maximum Gasteiger partial charge on any atom is 0.257 e. The van der Waals surface area contributed by atoms with Gasteiger partial charge in [-0.05, 0) is 45.0 Å². The molecule has 116 valence electrons. The van der Waals surface area contributed by atoms with Crippen LogP contribution in [0.4, 0.5) is 10.2 Å². The molecule has 5 nitrogen and oxygen atoms in total. The van der Waals surface area contributed by atoms with Crippen LogP contribution in [0.25, 0.3) is 0 Å². The third-order valence-corrected chi connectivity index (χ3v) is 4.04. The maximum absolute atomic E-state index is 13.3. The van der Waals surface area contributed by atoms with E-state index in [-0.39, 0.29) is 11.5 Å². The molecule has 1 fully saturated rings. The molecule has 0 unspecified atom stereocenters. The zero-order valence-corrected chi connectivity index (χ0v) is 12.9. The Labute approximate surface area is 125 Å². The quantitative estimate of drug-likeness (QED) is 0.918. The molecule has 0 aliphatic carbocycles. The third kappa shape index (κ3) is 3.91. The maximum atomic E-state index is 13.3. The topological polar surface area (TPSA) is 48.5 Å². The molecule has 1 N–H and O–H groups in total. The largest absolute Gasteiger partial charge is 0.372 e. The Morgan fingerprint density at radius 3 is 2.81 bits per heavy atom. The number of hydrogen-bond donors (Lipinski definition) is 1. The van der Waals surface area contributed by atoms with Crippen LogP contribution in [0.15, 0.2) is 12.3 Å². The number of anilines is 1. The smallest absolute Gasteiger partial charge is 0.257 e. The molecular formula is C15H23FN4O. The summed E-state index contributed by atoms with van der Waals surface area (Å²) in [5.74, 6) is 0.238. The fraction of sp³-hybridized carbons (Fsp3) is 0.600. The summed E-state index contributed by atoms with van der Waals surface area (Å²) in [6.07, 6.45) is 3.29. The first-order chi connectivity index (χ1) is 10.0. The van der Waals surface area contributed by atoms with Crippen LogP contribution in [0.3, 0.4) is 0 Å². The Kier molecular flexibility index (Phi) is 5.12. The number of nitrogens with one attached hydrogen (secondary N) is 1. The second-order valence-corrected chi connectivity index (χ2v) is 5.73. The van der Waals surface area contributed by atoms with Crippen molar-refractivity contribution in [2.45, 2.75) is 12.8 Å². The average Bonchev–Trinajstić information content (AvgIpc) is 2.48. The van der Waals surface area contributed by atoms with E-state index in [1.807, 2.05) is 0 Å². The minimum absolute atomic E-state index is 0.190. The van der Waals surface area contributed by atoms with Gasteiger partial charge in [-0.25, -0.2) is 9.37 Å². The van der Waals surface area contributed by atoms with Crippen molar-refractivity contribution in [2.24, 2.45) is 5.92 Å². The molecule has 0 bridgehead atoms. The minimum Gasteiger partial charge on any atom is -0.372 e. The molecule has 1 aliphatic heterocycles. The molecule has 6 heteroatoms. The van der Waals surface area contributed by atoms with Crippen LogP contribution in [0.5, 0.6) is 0 Å². The van der Waals surface area contributed by atoms with Crippen molar-refractivity contribution in [1.29, 1.82) is 0 Å². The summed E-state index contributed by atoms with van der Waals surface area (Å²) in [5, 5.41) is 2.84. The number of halogens is 1. The van der Waals surface area contributed by atoms with Gasteiger partial charge in [0.25, 0.3) is 5.91 Å². The normalized spacial score (nSPS) is 16.8. The summed E-state index contributed by atoms with van der Waals surface area (Å²) in [5.41, 5.74) is 0.285. The van der Waals surface area contributed by atoms with E-state index >= 15 is 0 Å². The average molecular weight is 294 g/mol. The van der Waals surface area contributed by atoms with Crippen LogP contribution in [0.1, 0.15) is 23.2 Å². The molecule has 0 radical (unpaired) electrons. The molecule has 2 heterocycles. The van der Waals surface area contributed by atoms with E-state index in [1.165, 1.54) is 6.07 Å². The van der Waals surface area contributed by atoms with Crippen molar-refractivity contribution >= 4 is 11.7 Å². The SMILES string of the molecule is CNc1ncc(F)cc1C(=O)N(C)CC1CCN(C)CC1. The van der Waals surface area contributed by atoms with Crippen LogP contribution in [0.2, 0.25) is 0 Å². The highest BCUT2D eigenvalue weighted by atomic mass is 19.1. The first-order valence-electron chi connectivity index (χ1n) is 7.28. The lowest BCUT2D eigenvalue weighted by Crippen LogP contribution is -2.38. The lowest BCUT2D eigenvalue weighted by Gasteiger charge is -2.31. The Morgan fingerprint density at radius 2 is 2.19 bits per heavy atom. The van der Waals surface area contributed by atoms with E-state index in [2.05, 4.69) is 22.2 Å². The number of nitrogens with zero attached hydrogens (tertiary/aromatic N) is 3. The molecule has 0 saturated carbocycles. The van der Waals surface area contributed by atoms with Crippen molar-refractivity contribution in [1.82, 2.24) is 14.8 Å². The third-order valence-electron chi connectivity index (χ3n) is 4.04. The van der Waals surface area contributed by atoms with E-state index < -0.39 is 5.82 Å². The van der Waals surface area contributed by atoms with Crippen molar-refractivity contribution in [3.8, 4) is 0 Å². The Morgan fingerprint density at radius 1 is 1.52 bits per heavy atom. The van der Waals surface area contributed by atoms with Crippen molar-refractivity contribution in [2.75, 3.05) is 46.1 Å². The van der Waals surface area contributed by atoms with E-state index in [0.29, 0.717) is 18.3 Å². The Bertz CT molecular complexity index is 500. The van der Waals surface area contributed by atoms with Gasteiger partial charge in [-0.15, -0.1) is 0 Å². The lowest BCUT2D eigenvalue weighted by molar-refractivity contribution is 0.0747. The van der Waals surface area contributed by atoms with Gasteiger partial charge in [-0.1, -0.05) is 0 Å². The number of pyridine rings is 1. The number of carbonyl (C=O) groups excluding carboxylic acids is 1. The van der Waals surface area contributed by atoms with Crippen LogP contribution < -0.4 is 5.32 Å². The monoisotopic (exact) mass is 294 g/mol. The zero-order chi connectivity index (χ0) is 15.4. The summed E-state index contributed by atoms with van der Waals surface area (Å²) in [6, 6.07) is 1.24. The molecule has 1 aliphatic rings. The highest BCUT2D eigenvalue weighted by molar-refractivity contribution is 5.98. The van der Waals surface area contributed by atoms with Crippen LogP contribution in [0, 0.1) is 11.7 Å². The number of rotatable bonds is 4.